The van der Waals surface area contributed by atoms with E-state index in [1.165, 1.54) is 0 Å². The largest absolute Gasteiger partial charge is 0.459 e. The van der Waals surface area contributed by atoms with Crippen molar-refractivity contribution in [1.29, 1.82) is 0 Å². The molecule has 0 rings (SSSR count). The van der Waals surface area contributed by atoms with E-state index in [1.807, 2.05) is 0 Å². The molecule has 0 saturated carbocycles. The first-order valence-corrected chi connectivity index (χ1v) is 2.47. The number of ether oxygens (including phenoxy) is 1. The van der Waals surface area contributed by atoms with E-state index in [0.29, 0.717) is 0 Å². The number of rotatable bonds is 3. The van der Waals surface area contributed by atoms with Crippen molar-refractivity contribution in [3.05, 3.63) is 12.7 Å². The van der Waals surface area contributed by atoms with Gasteiger partial charge in [0.2, 0.25) is 0 Å². The number of esters is 1. The van der Waals surface area contributed by atoms with E-state index in [-0.39, 0.29) is 6.61 Å². The van der Waals surface area contributed by atoms with Crippen molar-refractivity contribution in [2.24, 2.45) is 11.5 Å². The summed E-state index contributed by atoms with van der Waals surface area (Å²) in [5, 5.41) is 0. The topological polar surface area (TPSA) is 78.3 Å². The Kier molecular flexibility index (Phi) is 3.66. The van der Waals surface area contributed by atoms with Gasteiger partial charge < -0.3 is 16.2 Å². The van der Waals surface area contributed by atoms with Gasteiger partial charge in [0.15, 0.2) is 0 Å². The molecule has 0 heterocycles. The molecule has 0 aliphatic carbocycles. The maximum atomic E-state index is 10.3. The van der Waals surface area contributed by atoms with Crippen molar-refractivity contribution in [3.63, 3.8) is 0 Å². The van der Waals surface area contributed by atoms with Crippen LogP contribution in [0.15, 0.2) is 12.7 Å². The summed E-state index contributed by atoms with van der Waals surface area (Å²) in [6.07, 6.45) is 0.455. The summed E-state index contributed by atoms with van der Waals surface area (Å²) in [4.78, 5) is 10.3. The zero-order valence-electron chi connectivity index (χ0n) is 5.04. The predicted octanol–water partition coefficient (Wildman–Crippen LogP) is -1.04. The van der Waals surface area contributed by atoms with Crippen molar-refractivity contribution in [2.75, 3.05) is 6.61 Å². The van der Waals surface area contributed by atoms with Crippen LogP contribution in [0.3, 0.4) is 0 Å². The van der Waals surface area contributed by atoms with Gasteiger partial charge in [-0.3, -0.25) is 0 Å². The minimum Gasteiger partial charge on any atom is -0.459 e. The Labute approximate surface area is 53.5 Å². The quantitative estimate of drug-likeness (QED) is 0.290. The number of nitrogens with two attached hydrogens (primary N) is 2. The van der Waals surface area contributed by atoms with E-state index < -0.39 is 12.1 Å². The van der Waals surface area contributed by atoms with Gasteiger partial charge in [-0.1, -0.05) is 6.58 Å². The van der Waals surface area contributed by atoms with Gasteiger partial charge in [0, 0.05) is 6.08 Å². The SMILES string of the molecule is C=CC(=O)OCC(N)N. The Morgan fingerprint density at radius 1 is 1.78 bits per heavy atom. The lowest BCUT2D eigenvalue weighted by Gasteiger charge is -2.03. The maximum absolute atomic E-state index is 10.3. The van der Waals surface area contributed by atoms with Gasteiger partial charge in [0.25, 0.3) is 0 Å². The Balaban J connectivity index is 3.27. The molecule has 0 saturated heterocycles. The van der Waals surface area contributed by atoms with E-state index in [9.17, 15) is 4.79 Å². The van der Waals surface area contributed by atoms with E-state index in [4.69, 9.17) is 11.5 Å². The average Bonchev–Trinajstić information content (AvgIpc) is 1.83. The molecule has 4 nitrogen and oxygen atoms in total. The molecule has 4 N–H and O–H groups in total. The van der Waals surface area contributed by atoms with Crippen molar-refractivity contribution in [3.8, 4) is 0 Å². The van der Waals surface area contributed by atoms with Crippen LogP contribution >= 0.6 is 0 Å². The molecule has 0 radical (unpaired) electrons. The Hall–Kier alpha value is -0.870. The van der Waals surface area contributed by atoms with E-state index in [1.54, 1.807) is 0 Å². The molecule has 0 atom stereocenters. The first-order chi connectivity index (χ1) is 4.16. The number of hydrogen-bond acceptors (Lipinski definition) is 4. The van der Waals surface area contributed by atoms with E-state index in [2.05, 4.69) is 11.3 Å². The van der Waals surface area contributed by atoms with Gasteiger partial charge >= 0.3 is 5.97 Å². The van der Waals surface area contributed by atoms with Crippen molar-refractivity contribution in [2.45, 2.75) is 6.17 Å². The second-order valence-corrected chi connectivity index (χ2v) is 1.50. The molecule has 9 heavy (non-hydrogen) atoms. The first kappa shape index (κ1) is 8.13. The zero-order chi connectivity index (χ0) is 7.28. The molecule has 4 heteroatoms. The third kappa shape index (κ3) is 4.99. The van der Waals surface area contributed by atoms with Gasteiger partial charge in [0.1, 0.15) is 6.61 Å². The highest BCUT2D eigenvalue weighted by atomic mass is 16.5. The summed E-state index contributed by atoms with van der Waals surface area (Å²) in [6.45, 7) is 3.21. The average molecular weight is 130 g/mol. The van der Waals surface area contributed by atoms with Crippen molar-refractivity contribution in [1.82, 2.24) is 0 Å². The lowest BCUT2D eigenvalue weighted by molar-refractivity contribution is -0.138. The van der Waals surface area contributed by atoms with Crippen LogP contribution in [0.5, 0.6) is 0 Å². The number of carbonyl (C=O) groups is 1. The van der Waals surface area contributed by atoms with E-state index in [0.717, 1.165) is 6.08 Å². The van der Waals surface area contributed by atoms with Gasteiger partial charge in [-0.15, -0.1) is 0 Å². The molecule has 0 aliphatic rings. The third-order valence-electron chi connectivity index (χ3n) is 0.585. The molecule has 0 bridgehead atoms. The van der Waals surface area contributed by atoms with Gasteiger partial charge in [-0.2, -0.15) is 0 Å². The summed E-state index contributed by atoms with van der Waals surface area (Å²) in [5.74, 6) is -0.504. The van der Waals surface area contributed by atoms with Crippen LogP contribution in [0.25, 0.3) is 0 Å². The Bertz CT molecular complexity index is 112. The van der Waals surface area contributed by atoms with Gasteiger partial charge in [-0.05, 0) is 0 Å². The first-order valence-electron chi connectivity index (χ1n) is 2.47. The monoisotopic (exact) mass is 130 g/mol. The number of carbonyl (C=O) groups excluding carboxylic acids is 1. The summed E-state index contributed by atoms with van der Waals surface area (Å²) in [6, 6.07) is 0. The molecule has 52 valence electrons. The second kappa shape index (κ2) is 4.05. The highest BCUT2D eigenvalue weighted by Crippen LogP contribution is 1.77. The van der Waals surface area contributed by atoms with E-state index >= 15 is 0 Å². The molecule has 0 aliphatic heterocycles. The molecule has 0 aromatic heterocycles. The third-order valence-corrected chi connectivity index (χ3v) is 0.585. The lowest BCUT2D eigenvalue weighted by Crippen LogP contribution is -2.36. The van der Waals surface area contributed by atoms with Crippen LogP contribution in [-0.4, -0.2) is 18.7 Å². The molecule has 0 spiro atoms. The summed E-state index contributed by atoms with van der Waals surface area (Å²) >= 11 is 0. The summed E-state index contributed by atoms with van der Waals surface area (Å²) < 4.78 is 4.45. The minimum atomic E-state index is -0.603. The van der Waals surface area contributed by atoms with Crippen LogP contribution in [0.4, 0.5) is 0 Å². The van der Waals surface area contributed by atoms with Crippen LogP contribution in [0.2, 0.25) is 0 Å². The molecule has 0 aromatic rings. The smallest absolute Gasteiger partial charge is 0.330 e. The molecule has 0 unspecified atom stereocenters. The maximum Gasteiger partial charge on any atom is 0.330 e. The highest BCUT2D eigenvalue weighted by Gasteiger charge is 1.97. The molecule has 0 fully saturated rings. The molecule has 0 amide bonds. The van der Waals surface area contributed by atoms with Crippen LogP contribution < -0.4 is 11.5 Å². The lowest BCUT2D eigenvalue weighted by atomic mass is 10.6. The molecular formula is C5H10N2O2. The minimum absolute atomic E-state index is 0.0326. The van der Waals surface area contributed by atoms with Crippen molar-refractivity contribution < 1.29 is 9.53 Å². The molecular weight excluding hydrogens is 120 g/mol. The van der Waals surface area contributed by atoms with Crippen LogP contribution in [0, 0.1) is 0 Å². The molecule has 0 aromatic carbocycles. The van der Waals surface area contributed by atoms with Gasteiger partial charge in [-0.25, -0.2) is 4.79 Å². The predicted molar refractivity (Wildman–Crippen MR) is 33.3 cm³/mol. The van der Waals surface area contributed by atoms with Crippen molar-refractivity contribution >= 4 is 5.97 Å². The standard InChI is InChI=1S/C5H10N2O2/c1-2-5(8)9-3-4(6)7/h2,4H,1,3,6-7H2. The fourth-order valence-corrected chi connectivity index (χ4v) is 0.237. The van der Waals surface area contributed by atoms with Crippen LogP contribution in [-0.2, 0) is 9.53 Å². The zero-order valence-corrected chi connectivity index (χ0v) is 5.04. The van der Waals surface area contributed by atoms with Crippen LogP contribution in [0.1, 0.15) is 0 Å². The fourth-order valence-electron chi connectivity index (χ4n) is 0.237. The highest BCUT2D eigenvalue weighted by molar-refractivity contribution is 5.81. The van der Waals surface area contributed by atoms with Gasteiger partial charge in [0.05, 0.1) is 6.17 Å². The summed E-state index contributed by atoms with van der Waals surface area (Å²) in [5.41, 5.74) is 10.1. The Morgan fingerprint density at radius 2 is 2.33 bits per heavy atom. The number of hydrogen-bond donors (Lipinski definition) is 2. The Morgan fingerprint density at radius 3 is 2.67 bits per heavy atom. The normalized spacial score (nSPS) is 9.22. The second-order valence-electron chi connectivity index (χ2n) is 1.50. The summed E-state index contributed by atoms with van der Waals surface area (Å²) in [7, 11) is 0. The fraction of sp³-hybridized carbons (Fsp3) is 0.400.